The molecule has 5 heteroatoms. The van der Waals surface area contributed by atoms with Crippen molar-refractivity contribution in [1.29, 1.82) is 0 Å². The lowest BCUT2D eigenvalue weighted by molar-refractivity contribution is 0.488. The fraction of sp³-hybridized carbons (Fsp3) is 0.222. The summed E-state index contributed by atoms with van der Waals surface area (Å²) >= 11 is 0. The molecule has 0 spiro atoms. The van der Waals surface area contributed by atoms with Gasteiger partial charge in [-0.2, -0.15) is 8.42 Å². The van der Waals surface area contributed by atoms with Crippen molar-refractivity contribution in [1.82, 2.24) is 0 Å². The molecular weight excluding hydrogens is 202 g/mol. The standard InChI is InChI=1S/C9H11NO3S/c1-2-8-10-14(11,12)13-9-6-4-3-5-7-9/h3-8H,2H2,1H3. The molecule has 0 saturated heterocycles. The summed E-state index contributed by atoms with van der Waals surface area (Å²) in [6, 6.07) is 8.26. The third-order valence-corrected chi connectivity index (χ3v) is 2.14. The molecule has 1 rings (SSSR count). The van der Waals surface area contributed by atoms with Crippen LogP contribution in [0, 0.1) is 0 Å². The topological polar surface area (TPSA) is 55.7 Å². The zero-order chi connectivity index (χ0) is 10.4. The quantitative estimate of drug-likeness (QED) is 0.716. The van der Waals surface area contributed by atoms with Crippen LogP contribution in [0.5, 0.6) is 5.75 Å². The van der Waals surface area contributed by atoms with Crippen molar-refractivity contribution in [2.24, 2.45) is 4.40 Å². The van der Waals surface area contributed by atoms with Crippen LogP contribution in [0.15, 0.2) is 34.7 Å². The minimum absolute atomic E-state index is 0.265. The SMILES string of the molecule is CCC=NS(=O)(=O)Oc1ccccc1. The van der Waals surface area contributed by atoms with Crippen molar-refractivity contribution < 1.29 is 12.6 Å². The van der Waals surface area contributed by atoms with Gasteiger partial charge in [-0.05, 0) is 18.6 Å². The Hall–Kier alpha value is -1.36. The van der Waals surface area contributed by atoms with Crippen molar-refractivity contribution in [3.8, 4) is 5.75 Å². The summed E-state index contributed by atoms with van der Waals surface area (Å²) in [4.78, 5) is 0. The van der Waals surface area contributed by atoms with Crippen molar-refractivity contribution in [3.05, 3.63) is 30.3 Å². The van der Waals surface area contributed by atoms with Crippen molar-refractivity contribution in [2.45, 2.75) is 13.3 Å². The lowest BCUT2D eigenvalue weighted by Crippen LogP contribution is -2.05. The molecule has 0 amide bonds. The third kappa shape index (κ3) is 3.57. The first-order valence-corrected chi connectivity index (χ1v) is 5.54. The normalized spacial score (nSPS) is 11.8. The van der Waals surface area contributed by atoms with Crippen LogP contribution in [0.1, 0.15) is 13.3 Å². The highest BCUT2D eigenvalue weighted by Gasteiger charge is 2.07. The van der Waals surface area contributed by atoms with Crippen LogP contribution < -0.4 is 4.18 Å². The number of benzene rings is 1. The number of hydrogen-bond acceptors (Lipinski definition) is 3. The molecule has 0 unspecified atom stereocenters. The Morgan fingerprint density at radius 1 is 1.36 bits per heavy atom. The molecule has 1 aromatic carbocycles. The molecule has 4 nitrogen and oxygen atoms in total. The van der Waals surface area contributed by atoms with E-state index in [1.54, 1.807) is 37.3 Å². The number of rotatable bonds is 4. The maximum atomic E-state index is 11.1. The molecule has 0 aliphatic carbocycles. The number of nitrogens with zero attached hydrogens (tertiary/aromatic N) is 1. The van der Waals surface area contributed by atoms with E-state index >= 15 is 0 Å². The van der Waals surface area contributed by atoms with Crippen LogP contribution in [0.3, 0.4) is 0 Å². The van der Waals surface area contributed by atoms with E-state index in [0.717, 1.165) is 0 Å². The lowest BCUT2D eigenvalue weighted by Gasteiger charge is -2.00. The van der Waals surface area contributed by atoms with Crippen LogP contribution in [0.2, 0.25) is 0 Å². The van der Waals surface area contributed by atoms with Gasteiger partial charge in [0.25, 0.3) is 0 Å². The molecule has 0 radical (unpaired) electrons. The fourth-order valence-corrected chi connectivity index (χ4v) is 1.51. The van der Waals surface area contributed by atoms with Crippen LogP contribution in [-0.4, -0.2) is 14.6 Å². The second-order valence-electron chi connectivity index (χ2n) is 2.52. The van der Waals surface area contributed by atoms with E-state index in [1.165, 1.54) is 6.21 Å². The summed E-state index contributed by atoms with van der Waals surface area (Å²) < 4.78 is 30.3. The van der Waals surface area contributed by atoms with Gasteiger partial charge in [-0.3, -0.25) is 0 Å². The van der Waals surface area contributed by atoms with Crippen molar-refractivity contribution >= 4 is 16.5 Å². The van der Waals surface area contributed by atoms with Gasteiger partial charge < -0.3 is 4.18 Å². The molecule has 0 atom stereocenters. The van der Waals surface area contributed by atoms with Gasteiger partial charge in [-0.1, -0.05) is 25.1 Å². The maximum Gasteiger partial charge on any atom is 0.428 e. The summed E-state index contributed by atoms with van der Waals surface area (Å²) in [5.41, 5.74) is 0. The van der Waals surface area contributed by atoms with Gasteiger partial charge in [0, 0.05) is 6.21 Å². The number of para-hydroxylation sites is 1. The van der Waals surface area contributed by atoms with E-state index < -0.39 is 10.3 Å². The minimum atomic E-state index is -3.83. The highest BCUT2D eigenvalue weighted by molar-refractivity contribution is 7.85. The van der Waals surface area contributed by atoms with Gasteiger partial charge in [0.05, 0.1) is 0 Å². The fourth-order valence-electron chi connectivity index (χ4n) is 0.785. The van der Waals surface area contributed by atoms with E-state index in [4.69, 9.17) is 0 Å². The second kappa shape index (κ2) is 4.76. The predicted octanol–water partition coefficient (Wildman–Crippen LogP) is 1.79. The van der Waals surface area contributed by atoms with Gasteiger partial charge >= 0.3 is 10.3 Å². The minimum Gasteiger partial charge on any atom is -0.366 e. The Labute approximate surface area is 83.5 Å². The summed E-state index contributed by atoms with van der Waals surface area (Å²) in [6.07, 6.45) is 1.84. The Balaban J connectivity index is 2.74. The molecule has 1 aromatic rings. The van der Waals surface area contributed by atoms with Crippen molar-refractivity contribution in [2.75, 3.05) is 0 Å². The average molecular weight is 213 g/mol. The molecule has 0 bridgehead atoms. The first kappa shape index (κ1) is 10.7. The van der Waals surface area contributed by atoms with Gasteiger partial charge in [0.15, 0.2) is 0 Å². The van der Waals surface area contributed by atoms with Crippen LogP contribution in [0.4, 0.5) is 0 Å². The van der Waals surface area contributed by atoms with Crippen LogP contribution in [-0.2, 0) is 10.3 Å². The Bertz CT molecular complexity index is 397. The van der Waals surface area contributed by atoms with Gasteiger partial charge in [-0.15, -0.1) is 4.40 Å². The highest BCUT2D eigenvalue weighted by Crippen LogP contribution is 2.11. The largest absolute Gasteiger partial charge is 0.428 e. The van der Waals surface area contributed by atoms with Crippen LogP contribution in [0.25, 0.3) is 0 Å². The Morgan fingerprint density at radius 2 is 2.00 bits per heavy atom. The molecule has 0 saturated carbocycles. The molecule has 76 valence electrons. The Morgan fingerprint density at radius 3 is 2.57 bits per heavy atom. The third-order valence-electron chi connectivity index (χ3n) is 1.33. The second-order valence-corrected chi connectivity index (χ2v) is 3.75. The Kier molecular flexibility index (Phi) is 3.64. The van der Waals surface area contributed by atoms with Gasteiger partial charge in [0.2, 0.25) is 0 Å². The maximum absolute atomic E-state index is 11.1. The van der Waals surface area contributed by atoms with E-state index in [2.05, 4.69) is 8.58 Å². The van der Waals surface area contributed by atoms with E-state index in [-0.39, 0.29) is 5.75 Å². The zero-order valence-corrected chi connectivity index (χ0v) is 8.57. The summed E-state index contributed by atoms with van der Waals surface area (Å²) in [6.45, 7) is 1.79. The first-order valence-electron chi connectivity index (χ1n) is 4.17. The molecule has 0 fully saturated rings. The molecular formula is C9H11NO3S. The molecule has 0 aliphatic rings. The summed E-state index contributed by atoms with van der Waals surface area (Å²) in [5.74, 6) is 0.265. The average Bonchev–Trinajstić information content (AvgIpc) is 2.16. The zero-order valence-electron chi connectivity index (χ0n) is 7.75. The number of hydrogen-bond donors (Lipinski definition) is 0. The van der Waals surface area contributed by atoms with E-state index in [9.17, 15) is 8.42 Å². The molecule has 0 aliphatic heterocycles. The van der Waals surface area contributed by atoms with Gasteiger partial charge in [-0.25, -0.2) is 0 Å². The molecule has 0 heterocycles. The predicted molar refractivity (Wildman–Crippen MR) is 54.8 cm³/mol. The summed E-state index contributed by atoms with van der Waals surface area (Å²) in [5, 5.41) is 0. The monoisotopic (exact) mass is 213 g/mol. The van der Waals surface area contributed by atoms with Crippen molar-refractivity contribution in [3.63, 3.8) is 0 Å². The highest BCUT2D eigenvalue weighted by atomic mass is 32.2. The first-order chi connectivity index (χ1) is 6.64. The lowest BCUT2D eigenvalue weighted by atomic mass is 10.3. The van der Waals surface area contributed by atoms with Crippen LogP contribution >= 0.6 is 0 Å². The van der Waals surface area contributed by atoms with Gasteiger partial charge in [0.1, 0.15) is 5.75 Å². The molecule has 0 aromatic heterocycles. The van der Waals surface area contributed by atoms with E-state index in [0.29, 0.717) is 6.42 Å². The molecule has 0 N–H and O–H groups in total. The van der Waals surface area contributed by atoms with E-state index in [1.807, 2.05) is 0 Å². The molecule has 14 heavy (non-hydrogen) atoms. The summed E-state index contributed by atoms with van der Waals surface area (Å²) in [7, 11) is -3.83. The smallest absolute Gasteiger partial charge is 0.366 e.